The van der Waals surface area contributed by atoms with Crippen LogP contribution >= 0.6 is 0 Å². The molecule has 2 rings (SSSR count). The van der Waals surface area contributed by atoms with Gasteiger partial charge in [0.2, 0.25) is 0 Å². The summed E-state index contributed by atoms with van der Waals surface area (Å²) in [6.07, 6.45) is 0.523. The van der Waals surface area contributed by atoms with Crippen LogP contribution in [0.5, 0.6) is 0 Å². The Morgan fingerprint density at radius 3 is 2.44 bits per heavy atom. The van der Waals surface area contributed by atoms with E-state index in [1.807, 2.05) is 37.3 Å². The molecular weight excluding hydrogens is 226 g/mol. The van der Waals surface area contributed by atoms with Crippen molar-refractivity contribution in [3.8, 4) is 0 Å². The lowest BCUT2D eigenvalue weighted by molar-refractivity contribution is -0.0794. The van der Waals surface area contributed by atoms with Gasteiger partial charge in [-0.25, -0.2) is 0 Å². The van der Waals surface area contributed by atoms with E-state index in [-0.39, 0.29) is 17.6 Å². The lowest BCUT2D eigenvalue weighted by atomic mass is 9.64. The van der Waals surface area contributed by atoms with Gasteiger partial charge >= 0.3 is 0 Å². The molecule has 1 aromatic carbocycles. The third-order valence-corrected chi connectivity index (χ3v) is 4.30. The highest BCUT2D eigenvalue weighted by Gasteiger charge is 2.47. The zero-order chi connectivity index (χ0) is 13.4. The molecule has 0 aromatic heterocycles. The second kappa shape index (κ2) is 4.65. The second-order valence-corrected chi connectivity index (χ2v) is 6.15. The van der Waals surface area contributed by atoms with Crippen LogP contribution in [0, 0.1) is 5.41 Å². The van der Waals surface area contributed by atoms with Gasteiger partial charge < -0.3 is 15.5 Å². The molecule has 0 aliphatic heterocycles. The molecule has 100 valence electrons. The van der Waals surface area contributed by atoms with E-state index in [1.54, 1.807) is 0 Å². The largest absolute Gasteiger partial charge is 0.392 e. The number of benzene rings is 1. The molecule has 0 radical (unpaired) electrons. The van der Waals surface area contributed by atoms with Crippen molar-refractivity contribution in [2.24, 2.45) is 5.41 Å². The van der Waals surface area contributed by atoms with E-state index in [0.29, 0.717) is 6.54 Å². The summed E-state index contributed by atoms with van der Waals surface area (Å²) in [5.41, 5.74) is -0.0693. The third-order valence-electron chi connectivity index (χ3n) is 4.30. The second-order valence-electron chi connectivity index (χ2n) is 6.15. The molecule has 0 bridgehead atoms. The molecule has 1 aliphatic rings. The van der Waals surface area contributed by atoms with Gasteiger partial charge in [-0.3, -0.25) is 0 Å². The van der Waals surface area contributed by atoms with Crippen molar-refractivity contribution in [3.63, 3.8) is 0 Å². The van der Waals surface area contributed by atoms with Crippen LogP contribution in [-0.2, 0) is 5.60 Å². The zero-order valence-corrected chi connectivity index (χ0v) is 11.4. The third kappa shape index (κ3) is 2.44. The summed E-state index contributed by atoms with van der Waals surface area (Å²) in [4.78, 5) is 0. The van der Waals surface area contributed by atoms with Gasteiger partial charge in [0, 0.05) is 18.0 Å². The van der Waals surface area contributed by atoms with Crippen LogP contribution in [0.15, 0.2) is 30.3 Å². The quantitative estimate of drug-likeness (QED) is 0.760. The van der Waals surface area contributed by atoms with E-state index in [0.717, 1.165) is 12.0 Å². The highest BCUT2D eigenvalue weighted by molar-refractivity contribution is 5.22. The maximum Gasteiger partial charge on any atom is 0.0992 e. The fourth-order valence-corrected chi connectivity index (χ4v) is 2.47. The van der Waals surface area contributed by atoms with Crippen LogP contribution in [0.1, 0.15) is 32.8 Å². The molecule has 1 fully saturated rings. The number of nitrogens with one attached hydrogen (secondary N) is 1. The maximum atomic E-state index is 10.5. The maximum absolute atomic E-state index is 10.5. The Balaban J connectivity index is 1.95. The van der Waals surface area contributed by atoms with Crippen LogP contribution in [0.4, 0.5) is 0 Å². The minimum absolute atomic E-state index is 0.104. The van der Waals surface area contributed by atoms with Crippen molar-refractivity contribution < 1.29 is 10.2 Å². The molecule has 1 aromatic rings. The fourth-order valence-electron chi connectivity index (χ4n) is 2.47. The lowest BCUT2D eigenvalue weighted by Crippen LogP contribution is -2.61. The number of aliphatic hydroxyl groups is 2. The van der Waals surface area contributed by atoms with Crippen molar-refractivity contribution in [2.75, 3.05) is 6.54 Å². The topological polar surface area (TPSA) is 52.5 Å². The molecule has 3 unspecified atom stereocenters. The zero-order valence-electron chi connectivity index (χ0n) is 11.4. The van der Waals surface area contributed by atoms with Crippen molar-refractivity contribution in [2.45, 2.75) is 44.9 Å². The Labute approximate surface area is 109 Å². The summed E-state index contributed by atoms with van der Waals surface area (Å²) in [7, 11) is 0. The van der Waals surface area contributed by atoms with Gasteiger partial charge in [0.1, 0.15) is 0 Å². The van der Waals surface area contributed by atoms with Crippen molar-refractivity contribution in [3.05, 3.63) is 35.9 Å². The first kappa shape index (κ1) is 13.5. The van der Waals surface area contributed by atoms with Crippen molar-refractivity contribution in [1.82, 2.24) is 5.32 Å². The first-order valence-corrected chi connectivity index (χ1v) is 6.53. The number of hydrogen-bond donors (Lipinski definition) is 3. The molecule has 3 N–H and O–H groups in total. The fraction of sp³-hybridized carbons (Fsp3) is 0.600. The first-order chi connectivity index (χ1) is 8.34. The standard InChI is InChI=1S/C15H23NO2/c1-14(2)12(9-13(14)17)16-10-15(3,18)11-7-5-4-6-8-11/h4-8,12-13,16-18H,9-10H2,1-3H3. The molecule has 1 aliphatic carbocycles. The Bertz CT molecular complexity index is 400. The van der Waals surface area contributed by atoms with Crippen LogP contribution < -0.4 is 5.32 Å². The van der Waals surface area contributed by atoms with Crippen LogP contribution in [0.3, 0.4) is 0 Å². The molecule has 0 amide bonds. The van der Waals surface area contributed by atoms with Crippen molar-refractivity contribution >= 4 is 0 Å². The molecule has 0 spiro atoms. The summed E-state index contributed by atoms with van der Waals surface area (Å²) in [5.74, 6) is 0. The van der Waals surface area contributed by atoms with E-state index in [4.69, 9.17) is 0 Å². The van der Waals surface area contributed by atoms with Gasteiger partial charge in [-0.15, -0.1) is 0 Å². The highest BCUT2D eigenvalue weighted by Crippen LogP contribution is 2.40. The molecule has 3 nitrogen and oxygen atoms in total. The smallest absolute Gasteiger partial charge is 0.0992 e. The van der Waals surface area contributed by atoms with Gasteiger partial charge in [-0.2, -0.15) is 0 Å². The van der Waals surface area contributed by atoms with Gasteiger partial charge in [0.05, 0.1) is 11.7 Å². The number of hydrogen-bond acceptors (Lipinski definition) is 3. The molecule has 3 heteroatoms. The lowest BCUT2D eigenvalue weighted by Gasteiger charge is -2.50. The average molecular weight is 249 g/mol. The highest BCUT2D eigenvalue weighted by atomic mass is 16.3. The predicted molar refractivity (Wildman–Crippen MR) is 72.2 cm³/mol. The van der Waals surface area contributed by atoms with E-state index in [2.05, 4.69) is 19.2 Å². The molecule has 1 saturated carbocycles. The summed E-state index contributed by atoms with van der Waals surface area (Å²) in [6.45, 7) is 6.42. The van der Waals surface area contributed by atoms with E-state index < -0.39 is 5.60 Å². The Morgan fingerprint density at radius 1 is 1.33 bits per heavy atom. The minimum Gasteiger partial charge on any atom is -0.392 e. The number of rotatable bonds is 4. The van der Waals surface area contributed by atoms with Crippen molar-refractivity contribution in [1.29, 1.82) is 0 Å². The first-order valence-electron chi connectivity index (χ1n) is 6.53. The normalized spacial score (nSPS) is 29.4. The molecule has 18 heavy (non-hydrogen) atoms. The Morgan fingerprint density at radius 2 is 1.94 bits per heavy atom. The van der Waals surface area contributed by atoms with Gasteiger partial charge in [0.25, 0.3) is 0 Å². The minimum atomic E-state index is -0.877. The predicted octanol–water partition coefficient (Wildman–Crippen LogP) is 1.64. The molecule has 3 atom stereocenters. The van der Waals surface area contributed by atoms with Crippen LogP contribution in [0.25, 0.3) is 0 Å². The average Bonchev–Trinajstić information content (AvgIpc) is 2.35. The SMILES string of the molecule is CC(O)(CNC1CC(O)C1(C)C)c1ccccc1. The Kier molecular flexibility index (Phi) is 3.49. The summed E-state index contributed by atoms with van der Waals surface area (Å²) >= 11 is 0. The van der Waals surface area contributed by atoms with Gasteiger partial charge in [-0.1, -0.05) is 44.2 Å². The summed E-state index contributed by atoms with van der Waals surface area (Å²) in [5, 5.41) is 23.5. The van der Waals surface area contributed by atoms with Crippen LogP contribution in [0.2, 0.25) is 0 Å². The summed E-state index contributed by atoms with van der Waals surface area (Å²) in [6, 6.07) is 9.94. The number of aliphatic hydroxyl groups excluding tert-OH is 1. The van der Waals surface area contributed by atoms with Gasteiger partial charge in [-0.05, 0) is 18.9 Å². The monoisotopic (exact) mass is 249 g/mol. The van der Waals surface area contributed by atoms with E-state index in [9.17, 15) is 10.2 Å². The van der Waals surface area contributed by atoms with E-state index in [1.165, 1.54) is 0 Å². The van der Waals surface area contributed by atoms with Gasteiger partial charge in [0.15, 0.2) is 0 Å². The molecular formula is C15H23NO2. The summed E-state index contributed by atoms with van der Waals surface area (Å²) < 4.78 is 0. The molecule has 0 saturated heterocycles. The Hall–Kier alpha value is -0.900. The molecule has 0 heterocycles. The van der Waals surface area contributed by atoms with Crippen LogP contribution in [-0.4, -0.2) is 28.9 Å². The van der Waals surface area contributed by atoms with E-state index >= 15 is 0 Å².